The molecule has 2 atom stereocenters. The molecule has 0 saturated carbocycles. The van der Waals surface area contributed by atoms with Gasteiger partial charge in [0, 0.05) is 36.9 Å². The lowest BCUT2D eigenvalue weighted by Crippen LogP contribution is -2.48. The molecule has 1 aromatic carbocycles. The monoisotopic (exact) mass is 348 g/mol. The molecule has 3 aliphatic rings. The third kappa shape index (κ3) is 3.32. The van der Waals surface area contributed by atoms with E-state index >= 15 is 0 Å². The second-order valence-corrected chi connectivity index (χ2v) is 7.67. The Bertz CT molecular complexity index is 615. The molecule has 4 nitrogen and oxygen atoms in total. The summed E-state index contributed by atoms with van der Waals surface area (Å²) in [5.41, 5.74) is 2.73. The third-order valence-electron chi connectivity index (χ3n) is 5.71. The Kier molecular flexibility index (Phi) is 4.79. The van der Waals surface area contributed by atoms with Gasteiger partial charge in [0.15, 0.2) is 0 Å². The summed E-state index contributed by atoms with van der Waals surface area (Å²) >= 11 is 6.08. The van der Waals surface area contributed by atoms with E-state index < -0.39 is 0 Å². The first-order valence-electron chi connectivity index (χ1n) is 9.12. The van der Waals surface area contributed by atoms with Crippen molar-refractivity contribution in [1.82, 2.24) is 10.2 Å². The van der Waals surface area contributed by atoms with Gasteiger partial charge in [0.1, 0.15) is 0 Å². The van der Waals surface area contributed by atoms with Crippen molar-refractivity contribution >= 4 is 17.5 Å². The van der Waals surface area contributed by atoms with Crippen molar-refractivity contribution in [2.75, 3.05) is 19.8 Å². The Morgan fingerprint density at radius 2 is 1.96 bits per heavy atom. The predicted molar refractivity (Wildman–Crippen MR) is 94.4 cm³/mol. The van der Waals surface area contributed by atoms with Gasteiger partial charge in [-0.3, -0.25) is 4.79 Å². The van der Waals surface area contributed by atoms with Crippen molar-refractivity contribution in [3.8, 4) is 0 Å². The fourth-order valence-electron chi connectivity index (χ4n) is 4.37. The standard InChI is InChI=1S/C19H25ClN2O2/c20-15-3-1-14-12-16(4-2-13(14)11-15)21-18-5-8-22(19(18)23)17-6-9-24-10-7-17/h1,3,11,16-18,21H,2,4-10,12H2. The van der Waals surface area contributed by atoms with Gasteiger partial charge in [0.2, 0.25) is 5.91 Å². The highest BCUT2D eigenvalue weighted by Crippen LogP contribution is 2.26. The van der Waals surface area contributed by atoms with Crippen LogP contribution in [0, 0.1) is 0 Å². The van der Waals surface area contributed by atoms with E-state index in [4.69, 9.17) is 16.3 Å². The fraction of sp³-hybridized carbons (Fsp3) is 0.632. The molecular weight excluding hydrogens is 324 g/mol. The van der Waals surface area contributed by atoms with Gasteiger partial charge in [-0.25, -0.2) is 0 Å². The van der Waals surface area contributed by atoms with E-state index in [1.807, 2.05) is 6.07 Å². The Morgan fingerprint density at radius 1 is 1.12 bits per heavy atom. The summed E-state index contributed by atoms with van der Waals surface area (Å²) in [5, 5.41) is 4.45. The number of carbonyl (C=O) groups excluding carboxylic acids is 1. The second kappa shape index (κ2) is 7.03. The Hall–Kier alpha value is -1.10. The molecule has 130 valence electrons. The van der Waals surface area contributed by atoms with Gasteiger partial charge < -0.3 is 15.0 Å². The molecule has 1 aliphatic carbocycles. The first-order valence-corrected chi connectivity index (χ1v) is 9.50. The maximum atomic E-state index is 12.8. The Morgan fingerprint density at radius 3 is 2.79 bits per heavy atom. The van der Waals surface area contributed by atoms with Crippen molar-refractivity contribution in [3.63, 3.8) is 0 Å². The molecule has 4 rings (SSSR count). The molecule has 0 spiro atoms. The van der Waals surface area contributed by atoms with Gasteiger partial charge in [-0.15, -0.1) is 0 Å². The molecular formula is C19H25ClN2O2. The summed E-state index contributed by atoms with van der Waals surface area (Å²) in [5.74, 6) is 0.295. The average Bonchev–Trinajstić information content (AvgIpc) is 2.96. The smallest absolute Gasteiger partial charge is 0.240 e. The molecule has 2 fully saturated rings. The van der Waals surface area contributed by atoms with Crippen LogP contribution in [-0.2, 0) is 22.4 Å². The van der Waals surface area contributed by atoms with E-state index in [0.29, 0.717) is 18.0 Å². The fourth-order valence-corrected chi connectivity index (χ4v) is 4.56. The highest BCUT2D eigenvalue weighted by molar-refractivity contribution is 6.30. The first kappa shape index (κ1) is 16.4. The van der Waals surface area contributed by atoms with Crippen LogP contribution >= 0.6 is 11.6 Å². The molecule has 1 N–H and O–H groups in total. The van der Waals surface area contributed by atoms with Gasteiger partial charge in [0.25, 0.3) is 0 Å². The van der Waals surface area contributed by atoms with Crippen LogP contribution in [0.5, 0.6) is 0 Å². The number of hydrogen-bond acceptors (Lipinski definition) is 3. The zero-order valence-electron chi connectivity index (χ0n) is 14.0. The molecule has 24 heavy (non-hydrogen) atoms. The number of hydrogen-bond donors (Lipinski definition) is 1. The molecule has 0 aromatic heterocycles. The van der Waals surface area contributed by atoms with Crippen LogP contribution in [0.15, 0.2) is 18.2 Å². The lowest BCUT2D eigenvalue weighted by Gasteiger charge is -2.32. The van der Waals surface area contributed by atoms with Crippen molar-refractivity contribution in [3.05, 3.63) is 34.3 Å². The van der Waals surface area contributed by atoms with Crippen LogP contribution in [0.4, 0.5) is 0 Å². The zero-order chi connectivity index (χ0) is 16.5. The van der Waals surface area contributed by atoms with Crippen LogP contribution in [0.3, 0.4) is 0 Å². The third-order valence-corrected chi connectivity index (χ3v) is 5.94. The van der Waals surface area contributed by atoms with Crippen molar-refractivity contribution < 1.29 is 9.53 Å². The molecule has 2 unspecified atom stereocenters. The van der Waals surface area contributed by atoms with Gasteiger partial charge in [-0.1, -0.05) is 17.7 Å². The summed E-state index contributed by atoms with van der Waals surface area (Å²) in [6.07, 6.45) is 6.01. The van der Waals surface area contributed by atoms with E-state index in [-0.39, 0.29) is 6.04 Å². The van der Waals surface area contributed by atoms with E-state index in [0.717, 1.165) is 63.3 Å². The minimum Gasteiger partial charge on any atom is -0.381 e. The molecule has 1 aromatic rings. The summed E-state index contributed by atoms with van der Waals surface area (Å²) < 4.78 is 5.42. The molecule has 0 bridgehead atoms. The van der Waals surface area contributed by atoms with E-state index in [1.54, 1.807) is 0 Å². The number of benzene rings is 1. The second-order valence-electron chi connectivity index (χ2n) is 7.24. The summed E-state index contributed by atoms with van der Waals surface area (Å²) in [6, 6.07) is 6.95. The molecule has 5 heteroatoms. The lowest BCUT2D eigenvalue weighted by atomic mass is 9.88. The average molecular weight is 349 g/mol. The van der Waals surface area contributed by atoms with Crippen LogP contribution in [-0.4, -0.2) is 48.7 Å². The van der Waals surface area contributed by atoms with Crippen LogP contribution < -0.4 is 5.32 Å². The summed E-state index contributed by atoms with van der Waals surface area (Å²) in [7, 11) is 0. The summed E-state index contributed by atoms with van der Waals surface area (Å²) in [6.45, 7) is 2.46. The van der Waals surface area contributed by atoms with Gasteiger partial charge in [-0.2, -0.15) is 0 Å². The number of nitrogens with one attached hydrogen (secondary N) is 1. The normalized spacial score (nSPS) is 28.2. The number of amides is 1. The van der Waals surface area contributed by atoms with Crippen LogP contribution in [0.25, 0.3) is 0 Å². The van der Waals surface area contributed by atoms with Gasteiger partial charge in [0.05, 0.1) is 6.04 Å². The molecule has 2 aliphatic heterocycles. The minimum absolute atomic E-state index is 0.00769. The number of ether oxygens (including phenoxy) is 1. The maximum absolute atomic E-state index is 12.8. The minimum atomic E-state index is -0.00769. The number of likely N-dealkylation sites (tertiary alicyclic amines) is 1. The number of fused-ring (bicyclic) bond motifs is 1. The number of carbonyl (C=O) groups is 1. The molecule has 2 saturated heterocycles. The lowest BCUT2D eigenvalue weighted by molar-refractivity contribution is -0.133. The molecule has 2 heterocycles. The van der Waals surface area contributed by atoms with E-state index in [2.05, 4.69) is 22.3 Å². The van der Waals surface area contributed by atoms with Crippen molar-refractivity contribution in [2.24, 2.45) is 0 Å². The number of halogens is 1. The highest BCUT2D eigenvalue weighted by Gasteiger charge is 2.37. The van der Waals surface area contributed by atoms with Crippen molar-refractivity contribution in [2.45, 2.75) is 56.7 Å². The highest BCUT2D eigenvalue weighted by atomic mass is 35.5. The number of aryl methyl sites for hydroxylation is 1. The number of rotatable bonds is 3. The maximum Gasteiger partial charge on any atom is 0.240 e. The van der Waals surface area contributed by atoms with Gasteiger partial charge >= 0.3 is 0 Å². The van der Waals surface area contributed by atoms with Gasteiger partial charge in [-0.05, 0) is 61.8 Å². The first-order chi connectivity index (χ1) is 11.7. The predicted octanol–water partition coefficient (Wildman–Crippen LogP) is 2.57. The number of nitrogens with zero attached hydrogens (tertiary/aromatic N) is 1. The SMILES string of the molecule is O=C1C(NC2CCc3cc(Cl)ccc3C2)CCN1C1CCOCC1. The molecule has 1 amide bonds. The quantitative estimate of drug-likeness (QED) is 0.912. The van der Waals surface area contributed by atoms with Crippen molar-refractivity contribution in [1.29, 1.82) is 0 Å². The Labute approximate surface area is 148 Å². The van der Waals surface area contributed by atoms with Crippen LogP contribution in [0.2, 0.25) is 5.02 Å². The largest absolute Gasteiger partial charge is 0.381 e. The topological polar surface area (TPSA) is 41.6 Å². The zero-order valence-corrected chi connectivity index (χ0v) is 14.7. The van der Waals surface area contributed by atoms with Crippen LogP contribution in [0.1, 0.15) is 36.8 Å². The van der Waals surface area contributed by atoms with E-state index in [1.165, 1.54) is 11.1 Å². The molecule has 0 radical (unpaired) electrons. The summed E-state index contributed by atoms with van der Waals surface area (Å²) in [4.78, 5) is 14.9. The Balaban J connectivity index is 1.36. The van der Waals surface area contributed by atoms with E-state index in [9.17, 15) is 4.79 Å².